The first kappa shape index (κ1) is 34.5. The predicted octanol–water partition coefficient (Wildman–Crippen LogP) is 5.28. The van der Waals surface area contributed by atoms with Gasteiger partial charge < -0.3 is 34.4 Å². The van der Waals surface area contributed by atoms with Crippen LogP contribution in [0.1, 0.15) is 48.4 Å². The van der Waals surface area contributed by atoms with Crippen molar-refractivity contribution in [3.05, 3.63) is 95.1 Å². The summed E-state index contributed by atoms with van der Waals surface area (Å²) in [6, 6.07) is 22.6. The van der Waals surface area contributed by atoms with Gasteiger partial charge >= 0.3 is 0 Å². The maximum Gasteiger partial charge on any atom is 0.264 e. The number of hydrogen-bond acceptors (Lipinski definition) is 6. The van der Waals surface area contributed by atoms with Gasteiger partial charge in [0.2, 0.25) is 20.2 Å². The van der Waals surface area contributed by atoms with Crippen LogP contribution in [-0.2, 0) is 44.2 Å². The molecule has 0 aromatic heterocycles. The van der Waals surface area contributed by atoms with Gasteiger partial charge in [0.1, 0.15) is 0 Å². The van der Waals surface area contributed by atoms with Crippen LogP contribution in [0.2, 0.25) is 18.6 Å². The van der Waals surface area contributed by atoms with E-state index in [2.05, 4.69) is 10.6 Å². The van der Waals surface area contributed by atoms with Gasteiger partial charge in [0.15, 0.2) is 5.60 Å². The highest BCUT2D eigenvalue weighted by Crippen LogP contribution is 2.60. The Labute approximate surface area is 294 Å². The molecule has 264 valence electrons. The first-order chi connectivity index (χ1) is 24.0. The lowest BCUT2D eigenvalue weighted by Crippen LogP contribution is -2.48. The van der Waals surface area contributed by atoms with Gasteiger partial charge in [0.25, 0.3) is 5.91 Å². The van der Waals surface area contributed by atoms with Crippen LogP contribution in [0.25, 0.3) is 0 Å². The standard InChI is InChI=1S/C39H47FN4O5Si/c1-25-36(50(2,3)40)34(20-35(46)43-23-29-12-5-4-11-27(29)19-31(43)24-45)49-39(25)32-15-6-7-16-33(32)44(38(39)48)22-26-10-8-14-30(18-26)42-37(47)28-13-9-17-41-21-28/h4-8,10-12,14-16,18,25,28,31,34,36,41,45H,9,13,17,19-24H2,1-3H3,(H,42,47)/t25-,28?,31+,34+,36-,39+/m1/s1. The maximum atomic E-state index is 16.4. The Kier molecular flexibility index (Phi) is 9.44. The number of amides is 3. The van der Waals surface area contributed by atoms with Gasteiger partial charge in [-0.2, -0.15) is 0 Å². The van der Waals surface area contributed by atoms with Gasteiger partial charge in [0.05, 0.1) is 43.3 Å². The summed E-state index contributed by atoms with van der Waals surface area (Å²) in [7, 11) is -3.49. The molecule has 0 radical (unpaired) electrons. The van der Waals surface area contributed by atoms with E-state index in [-0.39, 0.29) is 49.3 Å². The quantitative estimate of drug-likeness (QED) is 0.218. The fraction of sp³-hybridized carbons (Fsp3) is 0.462. The normalized spacial score (nSPS) is 27.7. The number of aliphatic hydroxyl groups is 1. The molecule has 3 N–H and O–H groups in total. The van der Waals surface area contributed by atoms with Crippen molar-refractivity contribution in [2.75, 3.05) is 29.9 Å². The molecule has 7 rings (SSSR count). The molecule has 4 aliphatic rings. The fourth-order valence-electron chi connectivity index (χ4n) is 8.94. The van der Waals surface area contributed by atoms with E-state index in [0.29, 0.717) is 36.4 Å². The smallest absolute Gasteiger partial charge is 0.264 e. The Bertz CT molecular complexity index is 1780. The van der Waals surface area contributed by atoms with E-state index < -0.39 is 31.6 Å². The molecule has 50 heavy (non-hydrogen) atoms. The van der Waals surface area contributed by atoms with Gasteiger partial charge in [-0.05, 0) is 73.8 Å². The number of aliphatic hydroxyl groups excluding tert-OH is 1. The Morgan fingerprint density at radius 3 is 2.58 bits per heavy atom. The second-order valence-electron chi connectivity index (χ2n) is 14.9. The molecule has 1 unspecified atom stereocenters. The molecular formula is C39H47FN4O5Si. The average Bonchev–Trinajstić information content (AvgIpc) is 3.54. The molecule has 2 fully saturated rings. The summed E-state index contributed by atoms with van der Waals surface area (Å²) in [4.78, 5) is 45.2. The second kappa shape index (κ2) is 13.7. The van der Waals surface area contributed by atoms with Crippen LogP contribution in [0.5, 0.6) is 0 Å². The molecule has 3 aromatic rings. The minimum absolute atomic E-state index is 0.0206. The minimum Gasteiger partial charge on any atom is -0.394 e. The van der Waals surface area contributed by atoms with Gasteiger partial charge in [-0.15, -0.1) is 0 Å². The number of fused-ring (bicyclic) bond motifs is 3. The zero-order valence-electron chi connectivity index (χ0n) is 29.0. The van der Waals surface area contributed by atoms with E-state index in [1.165, 1.54) is 0 Å². The number of para-hydroxylation sites is 1. The van der Waals surface area contributed by atoms with Crippen LogP contribution in [-0.4, -0.2) is 68.0 Å². The van der Waals surface area contributed by atoms with Crippen LogP contribution in [0.3, 0.4) is 0 Å². The summed E-state index contributed by atoms with van der Waals surface area (Å²) in [5, 5.41) is 16.6. The van der Waals surface area contributed by atoms with Gasteiger partial charge in [-0.1, -0.05) is 61.5 Å². The summed E-state index contributed by atoms with van der Waals surface area (Å²) >= 11 is 0. The lowest BCUT2D eigenvalue weighted by atomic mass is 9.82. The summed E-state index contributed by atoms with van der Waals surface area (Å²) in [6.07, 6.45) is 1.46. The third-order valence-corrected chi connectivity index (χ3v) is 13.8. The van der Waals surface area contributed by atoms with E-state index in [9.17, 15) is 19.5 Å². The number of carbonyl (C=O) groups excluding carboxylic acids is 3. The maximum absolute atomic E-state index is 16.4. The average molecular weight is 699 g/mol. The Morgan fingerprint density at radius 1 is 1.08 bits per heavy atom. The van der Waals surface area contributed by atoms with E-state index >= 15 is 4.11 Å². The molecule has 0 bridgehead atoms. The summed E-state index contributed by atoms with van der Waals surface area (Å²) in [5.74, 6) is -1.12. The van der Waals surface area contributed by atoms with Crippen molar-refractivity contribution in [2.45, 2.75) is 82.1 Å². The third kappa shape index (κ3) is 6.18. The van der Waals surface area contributed by atoms with E-state index in [0.717, 1.165) is 36.1 Å². The molecule has 11 heteroatoms. The number of nitrogens with zero attached hydrogens (tertiary/aromatic N) is 2. The highest BCUT2D eigenvalue weighted by Gasteiger charge is 2.67. The van der Waals surface area contributed by atoms with Crippen molar-refractivity contribution >= 4 is 37.5 Å². The topological polar surface area (TPSA) is 111 Å². The Morgan fingerprint density at radius 2 is 1.84 bits per heavy atom. The third-order valence-electron chi connectivity index (χ3n) is 11.3. The van der Waals surface area contributed by atoms with Gasteiger partial charge in [-0.3, -0.25) is 14.4 Å². The number of rotatable bonds is 8. The molecular weight excluding hydrogens is 652 g/mol. The van der Waals surface area contributed by atoms with Crippen LogP contribution in [0.15, 0.2) is 72.8 Å². The summed E-state index contributed by atoms with van der Waals surface area (Å²) in [5.41, 5.74) is 2.95. The van der Waals surface area contributed by atoms with E-state index in [4.69, 9.17) is 4.74 Å². The van der Waals surface area contributed by atoms with Gasteiger partial charge in [-0.25, -0.2) is 0 Å². The van der Waals surface area contributed by atoms with Crippen molar-refractivity contribution in [1.29, 1.82) is 0 Å². The van der Waals surface area contributed by atoms with Crippen LogP contribution >= 0.6 is 0 Å². The minimum atomic E-state index is -3.49. The molecule has 0 aliphatic carbocycles. The Balaban J connectivity index is 1.15. The van der Waals surface area contributed by atoms with Crippen molar-refractivity contribution in [3.8, 4) is 0 Å². The Hall–Kier alpha value is -3.90. The molecule has 0 saturated carbocycles. The molecule has 4 heterocycles. The zero-order chi connectivity index (χ0) is 35.2. The highest BCUT2D eigenvalue weighted by atomic mass is 28.4. The van der Waals surface area contributed by atoms with Crippen LogP contribution < -0.4 is 15.5 Å². The number of anilines is 2. The molecule has 9 nitrogen and oxygen atoms in total. The number of carbonyl (C=O) groups is 3. The van der Waals surface area contributed by atoms with Crippen LogP contribution in [0, 0.1) is 11.8 Å². The van der Waals surface area contributed by atoms with Crippen molar-refractivity contribution < 1.29 is 28.3 Å². The zero-order valence-corrected chi connectivity index (χ0v) is 30.0. The lowest BCUT2D eigenvalue weighted by Gasteiger charge is -2.37. The molecule has 2 saturated heterocycles. The monoisotopic (exact) mass is 698 g/mol. The summed E-state index contributed by atoms with van der Waals surface area (Å²) in [6.45, 7) is 7.16. The molecule has 1 spiro atoms. The number of benzene rings is 3. The van der Waals surface area contributed by atoms with E-state index in [1.807, 2.05) is 79.7 Å². The molecule has 6 atom stereocenters. The van der Waals surface area contributed by atoms with Crippen molar-refractivity contribution in [2.24, 2.45) is 11.8 Å². The highest BCUT2D eigenvalue weighted by molar-refractivity contribution is 6.72. The first-order valence-corrected chi connectivity index (χ1v) is 20.8. The molecule has 3 amide bonds. The number of halogens is 1. The lowest BCUT2D eigenvalue weighted by molar-refractivity contribution is -0.151. The first-order valence-electron chi connectivity index (χ1n) is 17.9. The van der Waals surface area contributed by atoms with Gasteiger partial charge in [0, 0.05) is 35.8 Å². The van der Waals surface area contributed by atoms with Crippen molar-refractivity contribution in [3.63, 3.8) is 0 Å². The second-order valence-corrected chi connectivity index (χ2v) is 18.7. The van der Waals surface area contributed by atoms with E-state index in [1.54, 1.807) is 22.9 Å². The molecule has 3 aromatic carbocycles. The number of ether oxygens (including phenoxy) is 1. The number of nitrogens with one attached hydrogen (secondary N) is 2. The SMILES string of the molecule is C[C@@H]1[C@@H]([Si](C)(C)F)[C@H](CC(=O)N2Cc3ccccc3C[C@H]2CO)O[C@@]12C(=O)N(Cc1cccc(NC(=O)C3CCCNC3)c1)c1ccccc12. The molecule has 4 aliphatic heterocycles. The fourth-order valence-corrected chi connectivity index (χ4v) is 11.4. The predicted molar refractivity (Wildman–Crippen MR) is 193 cm³/mol. The van der Waals surface area contributed by atoms with Crippen molar-refractivity contribution in [1.82, 2.24) is 10.2 Å². The largest absolute Gasteiger partial charge is 0.394 e. The number of hydrogen-bond donors (Lipinski definition) is 3. The number of piperidine rings is 1. The summed E-state index contributed by atoms with van der Waals surface area (Å²) < 4.78 is 23.3. The van der Waals surface area contributed by atoms with Crippen LogP contribution in [0.4, 0.5) is 15.5 Å².